The highest BCUT2D eigenvalue weighted by molar-refractivity contribution is 6.38. The standard InChI is InChI=1S/C18H16O5/c1-10(19)18(22)16(21)14(15(20)17(18,2)3)13-9-8-11-6-4-5-7-12(11)23-13/h4-9,22H,1-3H3/t18-/m0/s1. The zero-order chi connectivity index (χ0) is 17.0. The Kier molecular flexibility index (Phi) is 3.16. The van der Waals surface area contributed by atoms with Crippen molar-refractivity contribution in [2.45, 2.75) is 26.4 Å². The van der Waals surface area contributed by atoms with Crippen molar-refractivity contribution in [1.82, 2.24) is 0 Å². The van der Waals surface area contributed by atoms with Crippen LogP contribution in [0.25, 0.3) is 6.08 Å². The van der Waals surface area contributed by atoms with Crippen LogP contribution in [0.2, 0.25) is 0 Å². The van der Waals surface area contributed by atoms with E-state index in [1.165, 1.54) is 19.9 Å². The van der Waals surface area contributed by atoms with Crippen LogP contribution < -0.4 is 4.74 Å². The lowest BCUT2D eigenvalue weighted by Gasteiger charge is -2.30. The molecule has 1 atom stereocenters. The second-order valence-corrected chi connectivity index (χ2v) is 6.26. The number of rotatable bonds is 1. The molecule has 118 valence electrons. The number of ether oxygens (including phenoxy) is 1. The Labute approximate surface area is 133 Å². The number of hydrogen-bond acceptors (Lipinski definition) is 5. The van der Waals surface area contributed by atoms with Gasteiger partial charge in [-0.2, -0.15) is 0 Å². The van der Waals surface area contributed by atoms with Crippen molar-refractivity contribution in [3.8, 4) is 5.75 Å². The van der Waals surface area contributed by atoms with Gasteiger partial charge in [-0.15, -0.1) is 0 Å². The molecule has 1 heterocycles. The van der Waals surface area contributed by atoms with Crippen LogP contribution in [0.3, 0.4) is 0 Å². The molecule has 3 rings (SSSR count). The second kappa shape index (κ2) is 4.73. The summed E-state index contributed by atoms with van der Waals surface area (Å²) < 4.78 is 5.65. The number of hydrogen-bond donors (Lipinski definition) is 1. The third-order valence-corrected chi connectivity index (χ3v) is 4.56. The first-order valence-electron chi connectivity index (χ1n) is 7.23. The first kappa shape index (κ1) is 15.4. The Morgan fingerprint density at radius 1 is 1.09 bits per heavy atom. The molecule has 0 radical (unpaired) electrons. The number of carbonyl (C=O) groups is 3. The number of fused-ring (bicyclic) bond motifs is 1. The summed E-state index contributed by atoms with van der Waals surface area (Å²) in [5.74, 6) is -1.69. The maximum Gasteiger partial charge on any atom is 0.210 e. The van der Waals surface area contributed by atoms with E-state index in [1.54, 1.807) is 18.2 Å². The number of para-hydroxylation sites is 1. The number of Topliss-reactive ketones (excluding diaryl/α,β-unsaturated/α-hetero) is 3. The Morgan fingerprint density at radius 2 is 1.74 bits per heavy atom. The molecule has 0 amide bonds. The van der Waals surface area contributed by atoms with Crippen LogP contribution in [-0.4, -0.2) is 28.1 Å². The van der Waals surface area contributed by atoms with E-state index in [4.69, 9.17) is 4.74 Å². The highest BCUT2D eigenvalue weighted by atomic mass is 16.5. The van der Waals surface area contributed by atoms with Crippen LogP contribution in [0.4, 0.5) is 0 Å². The number of benzene rings is 1. The highest BCUT2D eigenvalue weighted by Gasteiger charge is 2.66. The number of ketones is 3. The molecule has 5 nitrogen and oxygen atoms in total. The molecule has 1 aliphatic carbocycles. The highest BCUT2D eigenvalue weighted by Crippen LogP contribution is 2.46. The summed E-state index contributed by atoms with van der Waals surface area (Å²) in [5.41, 5.74) is -3.35. The van der Waals surface area contributed by atoms with Crippen LogP contribution in [-0.2, 0) is 14.4 Å². The lowest BCUT2D eigenvalue weighted by Crippen LogP contribution is -2.53. The van der Waals surface area contributed by atoms with Crippen molar-refractivity contribution < 1.29 is 24.2 Å². The molecule has 0 unspecified atom stereocenters. The van der Waals surface area contributed by atoms with Crippen molar-refractivity contribution in [2.75, 3.05) is 0 Å². The van der Waals surface area contributed by atoms with E-state index in [-0.39, 0.29) is 11.3 Å². The normalized spacial score (nSPS) is 28.5. The maximum atomic E-state index is 12.7. The summed E-state index contributed by atoms with van der Waals surface area (Å²) in [6.07, 6.45) is 3.23. The minimum Gasteiger partial charge on any atom is -0.456 e. The average molecular weight is 312 g/mol. The van der Waals surface area contributed by atoms with Gasteiger partial charge in [0.1, 0.15) is 17.1 Å². The van der Waals surface area contributed by atoms with Crippen LogP contribution in [0.15, 0.2) is 41.7 Å². The van der Waals surface area contributed by atoms with Crippen molar-refractivity contribution in [3.63, 3.8) is 0 Å². The predicted molar refractivity (Wildman–Crippen MR) is 82.6 cm³/mol. The Morgan fingerprint density at radius 3 is 2.35 bits per heavy atom. The maximum absolute atomic E-state index is 12.7. The molecular formula is C18H16O5. The molecule has 2 aliphatic rings. The van der Waals surface area contributed by atoms with E-state index in [2.05, 4.69) is 0 Å². The van der Waals surface area contributed by atoms with Gasteiger partial charge in [-0.25, -0.2) is 0 Å². The van der Waals surface area contributed by atoms with Crippen LogP contribution >= 0.6 is 0 Å². The molecule has 1 fully saturated rings. The monoisotopic (exact) mass is 312 g/mol. The molecule has 0 bridgehead atoms. The fourth-order valence-electron chi connectivity index (χ4n) is 3.03. The summed E-state index contributed by atoms with van der Waals surface area (Å²) in [6, 6.07) is 7.16. The fourth-order valence-corrected chi connectivity index (χ4v) is 3.03. The second-order valence-electron chi connectivity index (χ2n) is 6.26. The zero-order valence-electron chi connectivity index (χ0n) is 13.0. The lowest BCUT2D eigenvalue weighted by molar-refractivity contribution is -0.158. The van der Waals surface area contributed by atoms with Gasteiger partial charge >= 0.3 is 0 Å². The molecule has 1 aromatic rings. The number of aliphatic hydroxyl groups is 1. The van der Waals surface area contributed by atoms with Gasteiger partial charge in [0.15, 0.2) is 17.2 Å². The third-order valence-electron chi connectivity index (χ3n) is 4.56. The number of allylic oxidation sites excluding steroid dienone is 1. The number of carbonyl (C=O) groups excluding carboxylic acids is 3. The summed E-state index contributed by atoms with van der Waals surface area (Å²) in [6.45, 7) is 3.89. The van der Waals surface area contributed by atoms with E-state index in [0.717, 1.165) is 12.5 Å². The summed E-state index contributed by atoms with van der Waals surface area (Å²) in [5, 5.41) is 10.6. The van der Waals surface area contributed by atoms with Gasteiger partial charge in [-0.1, -0.05) is 18.2 Å². The van der Waals surface area contributed by atoms with E-state index >= 15 is 0 Å². The molecule has 1 N–H and O–H groups in total. The van der Waals surface area contributed by atoms with E-state index in [0.29, 0.717) is 5.75 Å². The van der Waals surface area contributed by atoms with Gasteiger partial charge in [-0.05, 0) is 39.0 Å². The molecule has 1 saturated carbocycles. The fraction of sp³-hybridized carbons (Fsp3) is 0.278. The minimum absolute atomic E-state index is 0.0592. The molecule has 5 heteroatoms. The van der Waals surface area contributed by atoms with Gasteiger partial charge in [0.2, 0.25) is 5.78 Å². The Hall–Kier alpha value is -2.53. The van der Waals surface area contributed by atoms with E-state index in [1.807, 2.05) is 12.1 Å². The van der Waals surface area contributed by atoms with E-state index in [9.17, 15) is 19.5 Å². The zero-order valence-corrected chi connectivity index (χ0v) is 13.0. The summed E-state index contributed by atoms with van der Waals surface area (Å²) in [4.78, 5) is 37.2. The van der Waals surface area contributed by atoms with Crippen LogP contribution in [0.5, 0.6) is 5.75 Å². The summed E-state index contributed by atoms with van der Waals surface area (Å²) in [7, 11) is 0. The molecular weight excluding hydrogens is 296 g/mol. The Balaban J connectivity index is 2.17. The van der Waals surface area contributed by atoms with Gasteiger partial charge in [0.25, 0.3) is 0 Å². The van der Waals surface area contributed by atoms with Gasteiger partial charge in [-0.3, -0.25) is 14.4 Å². The molecule has 0 spiro atoms. The topological polar surface area (TPSA) is 80.7 Å². The van der Waals surface area contributed by atoms with Crippen molar-refractivity contribution in [1.29, 1.82) is 0 Å². The lowest BCUT2D eigenvalue weighted by atomic mass is 9.74. The quantitative estimate of drug-likeness (QED) is 0.486. The smallest absolute Gasteiger partial charge is 0.210 e. The van der Waals surface area contributed by atoms with E-state index < -0.39 is 28.4 Å². The molecule has 1 aromatic carbocycles. The summed E-state index contributed by atoms with van der Waals surface area (Å²) >= 11 is 0. The Bertz CT molecular complexity index is 812. The van der Waals surface area contributed by atoms with Crippen LogP contribution in [0, 0.1) is 5.41 Å². The average Bonchev–Trinajstić information content (AvgIpc) is 2.66. The molecule has 0 aromatic heterocycles. The van der Waals surface area contributed by atoms with Gasteiger partial charge in [0, 0.05) is 5.56 Å². The minimum atomic E-state index is -2.36. The van der Waals surface area contributed by atoms with Crippen molar-refractivity contribution in [2.24, 2.45) is 5.41 Å². The van der Waals surface area contributed by atoms with Crippen molar-refractivity contribution in [3.05, 3.63) is 47.2 Å². The van der Waals surface area contributed by atoms with Gasteiger partial charge < -0.3 is 9.84 Å². The molecule has 23 heavy (non-hydrogen) atoms. The molecule has 1 aliphatic heterocycles. The van der Waals surface area contributed by atoms with Crippen LogP contribution in [0.1, 0.15) is 26.3 Å². The largest absolute Gasteiger partial charge is 0.456 e. The third kappa shape index (κ3) is 1.86. The molecule has 0 saturated heterocycles. The van der Waals surface area contributed by atoms with Crippen molar-refractivity contribution >= 4 is 23.4 Å². The SMILES string of the molecule is CC(=O)[C@]1(O)C(=O)C(=C2C=Cc3ccccc3O2)C(=O)C1(C)C. The first-order valence-corrected chi connectivity index (χ1v) is 7.23. The first-order chi connectivity index (χ1) is 10.7. The predicted octanol–water partition coefficient (Wildman–Crippen LogP) is 1.84. The van der Waals surface area contributed by atoms with Gasteiger partial charge in [0.05, 0.1) is 5.41 Å².